The highest BCUT2D eigenvalue weighted by Gasteiger charge is 2.48. The second-order valence-electron chi connectivity index (χ2n) is 5.06. The fourth-order valence-electron chi connectivity index (χ4n) is 2.31. The largest absolute Gasteiger partial charge is 0.396 e. The van der Waals surface area contributed by atoms with Crippen LogP contribution in [0.5, 0.6) is 0 Å². The van der Waals surface area contributed by atoms with Crippen LogP contribution in [-0.2, 0) is 4.74 Å². The number of rotatable bonds is 3. The maximum absolute atomic E-state index is 5.92. The molecule has 0 bridgehead atoms. The number of nitrogens with one attached hydrogen (secondary N) is 1. The van der Waals surface area contributed by atoms with E-state index in [1.54, 1.807) is 19.5 Å². The predicted octanol–water partition coefficient (Wildman–Crippen LogP) is 2.65. The second-order valence-corrected chi connectivity index (χ2v) is 5.92. The molecule has 1 heterocycles. The van der Waals surface area contributed by atoms with Gasteiger partial charge in [-0.1, -0.05) is 13.8 Å². The highest BCUT2D eigenvalue weighted by molar-refractivity contribution is 9.10. The Morgan fingerprint density at radius 1 is 1.53 bits per heavy atom. The lowest BCUT2D eigenvalue weighted by atomic mass is 9.64. The number of anilines is 2. The van der Waals surface area contributed by atoms with Gasteiger partial charge in [-0.2, -0.15) is 0 Å². The molecule has 4 nitrogen and oxygen atoms in total. The first-order valence-corrected chi connectivity index (χ1v) is 6.44. The highest BCUT2D eigenvalue weighted by Crippen LogP contribution is 2.45. The molecule has 0 aliphatic heterocycles. The summed E-state index contributed by atoms with van der Waals surface area (Å²) in [7, 11) is 1.76. The van der Waals surface area contributed by atoms with Crippen molar-refractivity contribution in [1.29, 1.82) is 0 Å². The summed E-state index contributed by atoms with van der Waals surface area (Å²) in [6.45, 7) is 4.40. The zero-order chi connectivity index (χ0) is 12.6. The number of methoxy groups -OCH3 is 1. The van der Waals surface area contributed by atoms with Crippen LogP contribution >= 0.6 is 15.9 Å². The monoisotopic (exact) mass is 299 g/mol. The number of pyridine rings is 1. The van der Waals surface area contributed by atoms with E-state index < -0.39 is 0 Å². The van der Waals surface area contributed by atoms with Crippen molar-refractivity contribution < 1.29 is 4.74 Å². The molecule has 1 saturated carbocycles. The van der Waals surface area contributed by atoms with Crippen molar-refractivity contribution in [3.05, 3.63) is 16.9 Å². The molecule has 1 aliphatic rings. The molecule has 0 amide bonds. The Labute approximate surface area is 110 Å². The Hall–Kier alpha value is -0.810. The average molecular weight is 300 g/mol. The van der Waals surface area contributed by atoms with Gasteiger partial charge in [0.05, 0.1) is 28.1 Å². The summed E-state index contributed by atoms with van der Waals surface area (Å²) in [5, 5.41) is 3.48. The number of nitrogen functional groups attached to an aromatic ring is 1. The minimum absolute atomic E-state index is 0.115. The normalized spacial score (nSPS) is 26.4. The summed E-state index contributed by atoms with van der Waals surface area (Å²) in [5.74, 6) is 0. The first kappa shape index (κ1) is 12.6. The molecule has 5 heteroatoms. The first-order valence-electron chi connectivity index (χ1n) is 5.65. The van der Waals surface area contributed by atoms with Gasteiger partial charge in [0.2, 0.25) is 0 Å². The third kappa shape index (κ3) is 2.13. The zero-order valence-electron chi connectivity index (χ0n) is 10.3. The van der Waals surface area contributed by atoms with E-state index in [0.29, 0.717) is 17.8 Å². The number of nitrogens with two attached hydrogens (primary N) is 1. The molecular formula is C12H18BrN3O. The first-order chi connectivity index (χ1) is 7.96. The van der Waals surface area contributed by atoms with Crippen LogP contribution in [0.2, 0.25) is 0 Å². The van der Waals surface area contributed by atoms with Crippen LogP contribution in [0, 0.1) is 5.41 Å². The summed E-state index contributed by atoms with van der Waals surface area (Å²) in [5.41, 5.74) is 7.62. The van der Waals surface area contributed by atoms with Gasteiger partial charge in [-0.15, -0.1) is 0 Å². The van der Waals surface area contributed by atoms with Gasteiger partial charge in [-0.05, 0) is 22.4 Å². The molecule has 0 saturated heterocycles. The third-order valence-corrected chi connectivity index (χ3v) is 4.31. The number of ether oxygens (including phenoxy) is 1. The van der Waals surface area contributed by atoms with E-state index >= 15 is 0 Å². The molecule has 2 rings (SSSR count). The lowest BCUT2D eigenvalue weighted by molar-refractivity contribution is -0.0794. The van der Waals surface area contributed by atoms with Gasteiger partial charge >= 0.3 is 0 Å². The standard InChI is InChI=1S/C12H18BrN3O/c1-12(2)9(4-10(12)17-3)16-11-7(13)5-15-6-8(11)14/h5-6,9-10H,4,14H2,1-3H3,(H,15,16). The molecule has 0 radical (unpaired) electrons. The molecule has 2 atom stereocenters. The van der Waals surface area contributed by atoms with Crippen LogP contribution < -0.4 is 11.1 Å². The van der Waals surface area contributed by atoms with E-state index in [-0.39, 0.29) is 5.41 Å². The quantitative estimate of drug-likeness (QED) is 0.901. The maximum atomic E-state index is 5.92. The minimum atomic E-state index is 0.115. The SMILES string of the molecule is COC1CC(Nc2c(N)cncc2Br)C1(C)C. The molecule has 0 spiro atoms. The molecule has 94 valence electrons. The Morgan fingerprint density at radius 3 is 2.76 bits per heavy atom. The van der Waals surface area contributed by atoms with Gasteiger partial charge in [0.1, 0.15) is 0 Å². The van der Waals surface area contributed by atoms with Crippen LogP contribution in [-0.4, -0.2) is 24.2 Å². The predicted molar refractivity (Wildman–Crippen MR) is 73.0 cm³/mol. The molecule has 0 aromatic carbocycles. The van der Waals surface area contributed by atoms with Gasteiger partial charge in [0, 0.05) is 24.8 Å². The van der Waals surface area contributed by atoms with E-state index in [4.69, 9.17) is 10.5 Å². The fraction of sp³-hybridized carbons (Fsp3) is 0.583. The number of aromatic nitrogens is 1. The van der Waals surface area contributed by atoms with Gasteiger partial charge in [-0.3, -0.25) is 4.98 Å². The Morgan fingerprint density at radius 2 is 2.24 bits per heavy atom. The van der Waals surface area contributed by atoms with Gasteiger partial charge in [0.15, 0.2) is 0 Å². The van der Waals surface area contributed by atoms with E-state index in [2.05, 4.69) is 40.1 Å². The van der Waals surface area contributed by atoms with E-state index in [1.165, 1.54) is 0 Å². The van der Waals surface area contributed by atoms with Crippen molar-refractivity contribution >= 4 is 27.3 Å². The summed E-state index contributed by atoms with van der Waals surface area (Å²) < 4.78 is 6.33. The molecule has 1 aliphatic carbocycles. The van der Waals surface area contributed by atoms with Crippen LogP contribution in [0.25, 0.3) is 0 Å². The van der Waals surface area contributed by atoms with E-state index in [1.807, 2.05) is 0 Å². The topological polar surface area (TPSA) is 60.2 Å². The van der Waals surface area contributed by atoms with E-state index in [0.717, 1.165) is 16.6 Å². The summed E-state index contributed by atoms with van der Waals surface area (Å²) >= 11 is 3.46. The minimum Gasteiger partial charge on any atom is -0.396 e. The third-order valence-electron chi connectivity index (χ3n) is 3.71. The van der Waals surface area contributed by atoms with E-state index in [9.17, 15) is 0 Å². The number of hydrogen-bond donors (Lipinski definition) is 2. The van der Waals surface area contributed by atoms with Crippen LogP contribution in [0.3, 0.4) is 0 Å². The van der Waals surface area contributed by atoms with Crippen LogP contribution in [0.1, 0.15) is 20.3 Å². The van der Waals surface area contributed by atoms with Gasteiger partial charge in [0.25, 0.3) is 0 Å². The maximum Gasteiger partial charge on any atom is 0.0752 e. The van der Waals surface area contributed by atoms with Gasteiger partial charge < -0.3 is 15.8 Å². The molecule has 1 fully saturated rings. The van der Waals surface area contributed by atoms with Crippen molar-refractivity contribution in [3.63, 3.8) is 0 Å². The second kappa shape index (κ2) is 4.46. The van der Waals surface area contributed by atoms with Crippen molar-refractivity contribution in [2.75, 3.05) is 18.2 Å². The Balaban J connectivity index is 2.13. The Kier molecular flexibility index (Phi) is 3.32. The van der Waals surface area contributed by atoms with Crippen LogP contribution in [0.15, 0.2) is 16.9 Å². The molecule has 1 aromatic rings. The van der Waals surface area contributed by atoms with Crippen molar-refractivity contribution in [2.24, 2.45) is 5.41 Å². The lowest BCUT2D eigenvalue weighted by Gasteiger charge is -2.51. The number of nitrogens with zero attached hydrogens (tertiary/aromatic N) is 1. The van der Waals surface area contributed by atoms with Crippen molar-refractivity contribution in [2.45, 2.75) is 32.4 Å². The number of hydrogen-bond acceptors (Lipinski definition) is 4. The van der Waals surface area contributed by atoms with Crippen molar-refractivity contribution in [1.82, 2.24) is 4.98 Å². The van der Waals surface area contributed by atoms with Crippen molar-refractivity contribution in [3.8, 4) is 0 Å². The Bertz CT molecular complexity index is 402. The highest BCUT2D eigenvalue weighted by atomic mass is 79.9. The summed E-state index contributed by atoms with van der Waals surface area (Å²) in [4.78, 5) is 4.03. The molecule has 3 N–H and O–H groups in total. The summed E-state index contributed by atoms with van der Waals surface area (Å²) in [6.07, 6.45) is 4.71. The molecule has 2 unspecified atom stereocenters. The summed E-state index contributed by atoms with van der Waals surface area (Å²) in [6, 6.07) is 0.369. The molecule has 17 heavy (non-hydrogen) atoms. The fourth-order valence-corrected chi connectivity index (χ4v) is 2.77. The average Bonchev–Trinajstić information content (AvgIpc) is 2.26. The number of halogens is 1. The van der Waals surface area contributed by atoms with Crippen LogP contribution in [0.4, 0.5) is 11.4 Å². The molecule has 1 aromatic heterocycles. The zero-order valence-corrected chi connectivity index (χ0v) is 11.9. The smallest absolute Gasteiger partial charge is 0.0752 e. The van der Waals surface area contributed by atoms with Gasteiger partial charge in [-0.25, -0.2) is 0 Å². The molecular weight excluding hydrogens is 282 g/mol. The lowest BCUT2D eigenvalue weighted by Crippen LogP contribution is -2.57.